The van der Waals surface area contributed by atoms with Gasteiger partial charge in [-0.3, -0.25) is 10.3 Å². The Balaban J connectivity index is 1.98. The largest absolute Gasteiger partial charge is 0.325 e. The van der Waals surface area contributed by atoms with Crippen LogP contribution in [0.5, 0.6) is 0 Å². The van der Waals surface area contributed by atoms with E-state index in [9.17, 15) is 4.79 Å². The van der Waals surface area contributed by atoms with Crippen molar-refractivity contribution in [1.29, 1.82) is 0 Å². The minimum atomic E-state index is -0.359. The van der Waals surface area contributed by atoms with Crippen molar-refractivity contribution in [2.75, 3.05) is 17.6 Å². The summed E-state index contributed by atoms with van der Waals surface area (Å²) in [6, 6.07) is 4.52. The predicted octanol–water partition coefficient (Wildman–Crippen LogP) is 3.22. The molecule has 0 radical (unpaired) electrons. The number of hydrogen-bond acceptors (Lipinski definition) is 3. The predicted molar refractivity (Wildman–Crippen MR) is 73.4 cm³/mol. The summed E-state index contributed by atoms with van der Waals surface area (Å²) in [6.45, 7) is 0.738. The maximum absolute atomic E-state index is 11.6. The monoisotopic (exact) mass is 289 g/mol. The van der Waals surface area contributed by atoms with Crippen LogP contribution in [0.4, 0.5) is 10.5 Å². The molecule has 4 nitrogen and oxygen atoms in total. The number of halogens is 2. The number of benzene rings is 1. The molecule has 1 aromatic carbocycles. The van der Waals surface area contributed by atoms with Crippen LogP contribution in [-0.2, 0) is 0 Å². The molecule has 0 atom stereocenters. The Morgan fingerprint density at radius 1 is 1.35 bits per heavy atom. The Labute approximate surface area is 113 Å². The molecular weight excluding hydrogens is 281 g/mol. The van der Waals surface area contributed by atoms with Gasteiger partial charge in [0.15, 0.2) is 5.17 Å². The molecule has 7 heteroatoms. The number of amidine groups is 1. The lowest BCUT2D eigenvalue weighted by Crippen LogP contribution is -2.31. The standard InChI is InChI=1S/C10H9Cl2N3OS/c11-6-1-2-8(7(12)5-6)14-9(16)15-10-13-3-4-17-10/h1-2,5H,3-4H2,(H2,13,14,15,16). The van der Waals surface area contributed by atoms with Gasteiger partial charge in [0.25, 0.3) is 0 Å². The highest BCUT2D eigenvalue weighted by Crippen LogP contribution is 2.25. The fraction of sp³-hybridized carbons (Fsp3) is 0.200. The van der Waals surface area contributed by atoms with Crippen LogP contribution in [0.25, 0.3) is 0 Å². The Morgan fingerprint density at radius 2 is 2.18 bits per heavy atom. The van der Waals surface area contributed by atoms with E-state index in [1.54, 1.807) is 18.2 Å². The van der Waals surface area contributed by atoms with Crippen molar-refractivity contribution in [2.45, 2.75) is 0 Å². The summed E-state index contributed by atoms with van der Waals surface area (Å²) in [5, 5.41) is 6.82. The van der Waals surface area contributed by atoms with E-state index in [1.807, 2.05) is 0 Å². The third-order valence-corrected chi connectivity index (χ3v) is 3.42. The summed E-state index contributed by atoms with van der Waals surface area (Å²) in [7, 11) is 0. The van der Waals surface area contributed by atoms with Crippen molar-refractivity contribution >= 4 is 51.8 Å². The average Bonchev–Trinajstić information content (AvgIpc) is 2.75. The first-order chi connectivity index (χ1) is 8.15. The number of anilines is 1. The average molecular weight is 290 g/mol. The molecule has 2 N–H and O–H groups in total. The van der Waals surface area contributed by atoms with Gasteiger partial charge in [-0.2, -0.15) is 0 Å². The van der Waals surface area contributed by atoms with Gasteiger partial charge in [-0.1, -0.05) is 35.0 Å². The van der Waals surface area contributed by atoms with Gasteiger partial charge in [-0.25, -0.2) is 4.79 Å². The Morgan fingerprint density at radius 3 is 2.82 bits per heavy atom. The Kier molecular flexibility index (Phi) is 4.15. The molecule has 17 heavy (non-hydrogen) atoms. The van der Waals surface area contributed by atoms with Crippen LogP contribution in [0.3, 0.4) is 0 Å². The highest BCUT2D eigenvalue weighted by Gasteiger charge is 2.11. The molecule has 0 aliphatic carbocycles. The van der Waals surface area contributed by atoms with E-state index in [0.717, 1.165) is 12.3 Å². The minimum Gasteiger partial charge on any atom is -0.306 e. The van der Waals surface area contributed by atoms with Crippen LogP contribution >= 0.6 is 35.0 Å². The number of nitrogens with zero attached hydrogens (tertiary/aromatic N) is 1. The Hall–Kier alpha value is -0.910. The van der Waals surface area contributed by atoms with Gasteiger partial charge in [-0.15, -0.1) is 0 Å². The number of carbonyl (C=O) groups is 1. The van der Waals surface area contributed by atoms with Crippen LogP contribution < -0.4 is 10.6 Å². The van der Waals surface area contributed by atoms with Crippen LogP contribution in [0.2, 0.25) is 10.0 Å². The fourth-order valence-electron chi connectivity index (χ4n) is 1.25. The normalized spacial score (nSPS) is 14.4. The van der Waals surface area contributed by atoms with Crippen molar-refractivity contribution in [3.63, 3.8) is 0 Å². The van der Waals surface area contributed by atoms with Crippen LogP contribution in [0.15, 0.2) is 23.2 Å². The van der Waals surface area contributed by atoms with Crippen molar-refractivity contribution in [3.8, 4) is 0 Å². The van der Waals surface area contributed by atoms with E-state index in [4.69, 9.17) is 23.2 Å². The topological polar surface area (TPSA) is 53.5 Å². The van der Waals surface area contributed by atoms with E-state index in [-0.39, 0.29) is 6.03 Å². The fourth-order valence-corrected chi connectivity index (χ4v) is 2.43. The van der Waals surface area contributed by atoms with Gasteiger partial charge in [-0.05, 0) is 18.2 Å². The number of hydrogen-bond donors (Lipinski definition) is 2. The van der Waals surface area contributed by atoms with Gasteiger partial charge in [0.05, 0.1) is 17.3 Å². The number of thioether (sulfide) groups is 1. The second kappa shape index (κ2) is 5.62. The summed E-state index contributed by atoms with van der Waals surface area (Å²) < 4.78 is 0. The lowest BCUT2D eigenvalue weighted by Gasteiger charge is -2.08. The summed E-state index contributed by atoms with van der Waals surface area (Å²) in [5.74, 6) is 0.900. The van der Waals surface area contributed by atoms with Crippen molar-refractivity contribution in [3.05, 3.63) is 28.2 Å². The first-order valence-electron chi connectivity index (χ1n) is 4.85. The van der Waals surface area contributed by atoms with Crippen molar-refractivity contribution in [2.24, 2.45) is 4.99 Å². The molecule has 90 valence electrons. The number of rotatable bonds is 1. The number of nitrogens with one attached hydrogen (secondary N) is 2. The summed E-state index contributed by atoms with van der Waals surface area (Å²) in [4.78, 5) is 15.7. The molecule has 1 aliphatic rings. The number of urea groups is 1. The second-order valence-electron chi connectivity index (χ2n) is 3.24. The quantitative estimate of drug-likeness (QED) is 0.834. The molecule has 1 aliphatic heterocycles. The third kappa shape index (κ3) is 3.52. The smallest absolute Gasteiger partial charge is 0.306 e. The van der Waals surface area contributed by atoms with E-state index >= 15 is 0 Å². The number of aliphatic imine (C=N–C) groups is 1. The molecule has 0 spiro atoms. The summed E-state index contributed by atoms with van der Waals surface area (Å²) in [5.41, 5.74) is 0.511. The minimum absolute atomic E-state index is 0.359. The first-order valence-corrected chi connectivity index (χ1v) is 6.59. The van der Waals surface area contributed by atoms with Gasteiger partial charge < -0.3 is 5.32 Å². The SMILES string of the molecule is O=C(NC1=NCCS1)Nc1ccc(Cl)cc1Cl. The zero-order valence-corrected chi connectivity index (χ0v) is 11.0. The number of carbonyl (C=O) groups excluding carboxylic acids is 1. The molecule has 1 aromatic rings. The van der Waals surface area contributed by atoms with Gasteiger partial charge in [0.1, 0.15) is 0 Å². The summed E-state index contributed by atoms with van der Waals surface area (Å²) >= 11 is 13.2. The van der Waals surface area contributed by atoms with Gasteiger partial charge in [0, 0.05) is 10.8 Å². The first kappa shape index (κ1) is 12.5. The van der Waals surface area contributed by atoms with Crippen LogP contribution in [0.1, 0.15) is 0 Å². The Bertz CT molecular complexity index is 479. The molecule has 0 aromatic heterocycles. The highest BCUT2D eigenvalue weighted by atomic mass is 35.5. The molecule has 0 unspecified atom stereocenters. The third-order valence-electron chi connectivity index (χ3n) is 1.99. The lowest BCUT2D eigenvalue weighted by molar-refractivity contribution is 0.256. The van der Waals surface area contributed by atoms with Crippen molar-refractivity contribution < 1.29 is 4.79 Å². The maximum atomic E-state index is 11.6. The molecule has 0 fully saturated rings. The molecule has 2 rings (SSSR count). The van der Waals surface area contributed by atoms with Gasteiger partial charge >= 0.3 is 6.03 Å². The zero-order chi connectivity index (χ0) is 12.3. The van der Waals surface area contributed by atoms with E-state index in [0.29, 0.717) is 20.9 Å². The maximum Gasteiger partial charge on any atom is 0.325 e. The molecule has 0 saturated heterocycles. The number of amides is 2. The highest BCUT2D eigenvalue weighted by molar-refractivity contribution is 8.14. The molecule has 2 amide bonds. The summed E-state index contributed by atoms with van der Waals surface area (Å²) in [6.07, 6.45) is 0. The zero-order valence-electron chi connectivity index (χ0n) is 8.67. The van der Waals surface area contributed by atoms with E-state index in [2.05, 4.69) is 15.6 Å². The second-order valence-corrected chi connectivity index (χ2v) is 5.17. The lowest BCUT2D eigenvalue weighted by atomic mass is 10.3. The van der Waals surface area contributed by atoms with E-state index < -0.39 is 0 Å². The molecular formula is C10H9Cl2N3OS. The molecule has 1 heterocycles. The molecule has 0 bridgehead atoms. The van der Waals surface area contributed by atoms with Crippen LogP contribution in [-0.4, -0.2) is 23.5 Å². The van der Waals surface area contributed by atoms with Crippen LogP contribution in [0, 0.1) is 0 Å². The van der Waals surface area contributed by atoms with Crippen molar-refractivity contribution in [1.82, 2.24) is 5.32 Å². The van der Waals surface area contributed by atoms with E-state index in [1.165, 1.54) is 11.8 Å². The van der Waals surface area contributed by atoms with Gasteiger partial charge in [0.2, 0.25) is 0 Å². The molecule has 0 saturated carbocycles.